The minimum atomic E-state index is -0.978. The standard InChI is InChI=1S/C14H15F2N5O/c15-11-6-5-10(7-12(11)16)21-13(18-19-20-21)8-17-14(22)9-3-1-2-4-9/h5-7,9H,1-4,8H2,(H,17,22). The van der Waals surface area contributed by atoms with E-state index in [2.05, 4.69) is 20.8 Å². The van der Waals surface area contributed by atoms with Gasteiger partial charge in [-0.3, -0.25) is 4.79 Å². The van der Waals surface area contributed by atoms with Crippen molar-refractivity contribution in [1.82, 2.24) is 25.5 Å². The zero-order chi connectivity index (χ0) is 15.5. The van der Waals surface area contributed by atoms with E-state index in [4.69, 9.17) is 0 Å². The van der Waals surface area contributed by atoms with Crippen molar-refractivity contribution >= 4 is 5.91 Å². The van der Waals surface area contributed by atoms with E-state index in [0.717, 1.165) is 37.8 Å². The van der Waals surface area contributed by atoms with E-state index in [1.807, 2.05) is 0 Å². The quantitative estimate of drug-likeness (QED) is 0.934. The fourth-order valence-electron chi connectivity index (χ4n) is 2.63. The van der Waals surface area contributed by atoms with Gasteiger partial charge in [0, 0.05) is 12.0 Å². The molecular weight excluding hydrogens is 292 g/mol. The van der Waals surface area contributed by atoms with Crippen molar-refractivity contribution in [2.75, 3.05) is 0 Å². The van der Waals surface area contributed by atoms with Gasteiger partial charge in [-0.2, -0.15) is 4.68 Å². The monoisotopic (exact) mass is 307 g/mol. The normalized spacial score (nSPS) is 15.2. The molecule has 1 aromatic carbocycles. The molecule has 1 aliphatic rings. The van der Waals surface area contributed by atoms with Crippen LogP contribution in [0.25, 0.3) is 5.69 Å². The second kappa shape index (κ2) is 6.17. The van der Waals surface area contributed by atoms with Crippen LogP contribution in [0.2, 0.25) is 0 Å². The second-order valence-corrected chi connectivity index (χ2v) is 5.30. The molecule has 8 heteroatoms. The number of carbonyl (C=O) groups is 1. The third-order valence-corrected chi connectivity index (χ3v) is 3.83. The topological polar surface area (TPSA) is 72.7 Å². The van der Waals surface area contributed by atoms with Gasteiger partial charge >= 0.3 is 0 Å². The van der Waals surface area contributed by atoms with E-state index in [9.17, 15) is 13.6 Å². The molecule has 0 aliphatic heterocycles. The molecule has 116 valence electrons. The third kappa shape index (κ3) is 2.95. The van der Waals surface area contributed by atoms with E-state index in [1.54, 1.807) is 0 Å². The number of nitrogens with one attached hydrogen (secondary N) is 1. The summed E-state index contributed by atoms with van der Waals surface area (Å²) >= 11 is 0. The Morgan fingerprint density at radius 2 is 2.05 bits per heavy atom. The summed E-state index contributed by atoms with van der Waals surface area (Å²) < 4.78 is 27.5. The Bertz CT molecular complexity index is 682. The number of nitrogens with zero attached hydrogens (tertiary/aromatic N) is 4. The number of aromatic nitrogens is 4. The Hall–Kier alpha value is -2.38. The van der Waals surface area contributed by atoms with Crippen molar-refractivity contribution in [3.05, 3.63) is 35.7 Å². The first-order valence-corrected chi connectivity index (χ1v) is 7.15. The van der Waals surface area contributed by atoms with Gasteiger partial charge in [0.15, 0.2) is 17.5 Å². The van der Waals surface area contributed by atoms with E-state index in [-0.39, 0.29) is 18.4 Å². The maximum atomic E-state index is 13.3. The van der Waals surface area contributed by atoms with Gasteiger partial charge in [-0.1, -0.05) is 12.8 Å². The van der Waals surface area contributed by atoms with Crippen molar-refractivity contribution in [3.8, 4) is 5.69 Å². The average molecular weight is 307 g/mol. The molecule has 1 aliphatic carbocycles. The van der Waals surface area contributed by atoms with Crippen LogP contribution in [0.5, 0.6) is 0 Å². The number of tetrazole rings is 1. The smallest absolute Gasteiger partial charge is 0.223 e. The molecule has 1 N–H and O–H groups in total. The molecule has 1 fully saturated rings. The average Bonchev–Trinajstić information content (AvgIpc) is 3.18. The first-order valence-electron chi connectivity index (χ1n) is 7.15. The van der Waals surface area contributed by atoms with Crippen LogP contribution in [0.15, 0.2) is 18.2 Å². The van der Waals surface area contributed by atoms with Gasteiger partial charge in [0.25, 0.3) is 0 Å². The lowest BCUT2D eigenvalue weighted by Gasteiger charge is -2.10. The fraction of sp³-hybridized carbons (Fsp3) is 0.429. The van der Waals surface area contributed by atoms with E-state index in [0.29, 0.717) is 11.5 Å². The first kappa shape index (κ1) is 14.6. The second-order valence-electron chi connectivity index (χ2n) is 5.30. The Morgan fingerprint density at radius 1 is 1.27 bits per heavy atom. The van der Waals surface area contributed by atoms with Crippen molar-refractivity contribution in [3.63, 3.8) is 0 Å². The zero-order valence-electron chi connectivity index (χ0n) is 11.8. The van der Waals surface area contributed by atoms with Crippen molar-refractivity contribution in [2.45, 2.75) is 32.2 Å². The number of benzene rings is 1. The maximum Gasteiger partial charge on any atom is 0.223 e. The summed E-state index contributed by atoms with van der Waals surface area (Å²) in [7, 11) is 0. The summed E-state index contributed by atoms with van der Waals surface area (Å²) in [6, 6.07) is 3.39. The summed E-state index contributed by atoms with van der Waals surface area (Å²) in [4.78, 5) is 12.0. The van der Waals surface area contributed by atoms with Gasteiger partial charge in [-0.05, 0) is 35.4 Å². The van der Waals surface area contributed by atoms with Crippen LogP contribution in [-0.2, 0) is 11.3 Å². The highest BCUT2D eigenvalue weighted by atomic mass is 19.2. The van der Waals surface area contributed by atoms with Crippen LogP contribution < -0.4 is 5.32 Å². The number of amides is 1. The molecule has 0 bridgehead atoms. The van der Waals surface area contributed by atoms with Crippen LogP contribution >= 0.6 is 0 Å². The van der Waals surface area contributed by atoms with Crippen molar-refractivity contribution in [2.24, 2.45) is 5.92 Å². The predicted molar refractivity (Wildman–Crippen MR) is 72.9 cm³/mol. The summed E-state index contributed by atoms with van der Waals surface area (Å²) in [5, 5.41) is 13.9. The Kier molecular flexibility index (Phi) is 4.08. The van der Waals surface area contributed by atoms with Crippen LogP contribution in [0.1, 0.15) is 31.5 Å². The molecule has 0 unspecified atom stereocenters. The van der Waals surface area contributed by atoms with E-state index >= 15 is 0 Å². The van der Waals surface area contributed by atoms with Gasteiger partial charge in [0.2, 0.25) is 5.91 Å². The largest absolute Gasteiger partial charge is 0.348 e. The van der Waals surface area contributed by atoms with Gasteiger partial charge in [0.1, 0.15) is 0 Å². The summed E-state index contributed by atoms with van der Waals surface area (Å²) in [6.45, 7) is 0.140. The molecule has 0 spiro atoms. The number of hydrogen-bond donors (Lipinski definition) is 1. The minimum absolute atomic E-state index is 0.0164. The SMILES string of the molecule is O=C(NCc1nnnn1-c1ccc(F)c(F)c1)C1CCCC1. The highest BCUT2D eigenvalue weighted by molar-refractivity contribution is 5.78. The molecule has 1 aromatic heterocycles. The molecule has 1 saturated carbocycles. The molecule has 0 atom stereocenters. The summed E-state index contributed by atoms with van der Waals surface area (Å²) in [6.07, 6.45) is 3.95. The number of halogens is 2. The molecule has 2 aromatic rings. The lowest BCUT2D eigenvalue weighted by atomic mass is 10.1. The molecule has 0 radical (unpaired) electrons. The molecule has 3 rings (SSSR count). The van der Waals surface area contributed by atoms with Crippen LogP contribution in [0, 0.1) is 17.6 Å². The zero-order valence-corrected chi connectivity index (χ0v) is 11.8. The van der Waals surface area contributed by atoms with Gasteiger partial charge in [-0.15, -0.1) is 5.10 Å². The molecule has 22 heavy (non-hydrogen) atoms. The number of rotatable bonds is 4. The lowest BCUT2D eigenvalue weighted by Crippen LogP contribution is -2.30. The van der Waals surface area contributed by atoms with Crippen molar-refractivity contribution in [1.29, 1.82) is 0 Å². The number of hydrogen-bond acceptors (Lipinski definition) is 4. The van der Waals surface area contributed by atoms with E-state index < -0.39 is 11.6 Å². The lowest BCUT2D eigenvalue weighted by molar-refractivity contribution is -0.125. The Morgan fingerprint density at radius 3 is 2.77 bits per heavy atom. The molecule has 1 amide bonds. The maximum absolute atomic E-state index is 13.3. The van der Waals surface area contributed by atoms with Crippen LogP contribution in [0.4, 0.5) is 8.78 Å². The fourth-order valence-corrected chi connectivity index (χ4v) is 2.63. The Balaban J connectivity index is 1.71. The number of carbonyl (C=O) groups excluding carboxylic acids is 1. The van der Waals surface area contributed by atoms with Gasteiger partial charge in [0.05, 0.1) is 12.2 Å². The van der Waals surface area contributed by atoms with E-state index in [1.165, 1.54) is 10.7 Å². The summed E-state index contributed by atoms with van der Waals surface area (Å²) in [5.74, 6) is -1.52. The Labute approximate surface area is 125 Å². The summed E-state index contributed by atoms with van der Waals surface area (Å²) in [5.41, 5.74) is 0.300. The van der Waals surface area contributed by atoms with Crippen LogP contribution in [-0.4, -0.2) is 26.1 Å². The first-order chi connectivity index (χ1) is 10.6. The van der Waals surface area contributed by atoms with Crippen LogP contribution in [0.3, 0.4) is 0 Å². The van der Waals surface area contributed by atoms with Gasteiger partial charge < -0.3 is 5.32 Å². The highest BCUT2D eigenvalue weighted by Crippen LogP contribution is 2.24. The van der Waals surface area contributed by atoms with Gasteiger partial charge in [-0.25, -0.2) is 8.78 Å². The molecular formula is C14H15F2N5O. The highest BCUT2D eigenvalue weighted by Gasteiger charge is 2.23. The third-order valence-electron chi connectivity index (χ3n) is 3.83. The molecule has 0 saturated heterocycles. The van der Waals surface area contributed by atoms with Crippen molar-refractivity contribution < 1.29 is 13.6 Å². The predicted octanol–water partition coefficient (Wildman–Crippen LogP) is 1.75. The minimum Gasteiger partial charge on any atom is -0.348 e. The molecule has 6 nitrogen and oxygen atoms in total. The molecule has 1 heterocycles.